The molecule has 1 heterocycles. The van der Waals surface area contributed by atoms with Crippen molar-refractivity contribution in [3.05, 3.63) is 113 Å². The van der Waals surface area contributed by atoms with Gasteiger partial charge in [0, 0.05) is 6.20 Å². The zero-order valence-corrected chi connectivity index (χ0v) is 13.8. The third kappa shape index (κ3) is 2.63. The average molecular weight is 311 g/mol. The van der Waals surface area contributed by atoms with Gasteiger partial charge in [-0.1, -0.05) is 84.9 Å². The minimum atomic E-state index is 0.239. The minimum Gasteiger partial charge on any atom is -0.360 e. The van der Waals surface area contributed by atoms with E-state index in [0.29, 0.717) is 6.04 Å². The van der Waals surface area contributed by atoms with E-state index >= 15 is 0 Å². The van der Waals surface area contributed by atoms with Gasteiger partial charge in [-0.15, -0.1) is 0 Å². The Morgan fingerprint density at radius 1 is 0.750 bits per heavy atom. The second-order valence-electron chi connectivity index (χ2n) is 6.29. The summed E-state index contributed by atoms with van der Waals surface area (Å²) < 4.78 is 0. The van der Waals surface area contributed by atoms with Crippen LogP contribution in [-0.2, 0) is 0 Å². The summed E-state index contributed by atoms with van der Waals surface area (Å²) >= 11 is 0. The summed E-state index contributed by atoms with van der Waals surface area (Å²) in [5, 5.41) is 0. The molecule has 1 nitrogen and oxygen atoms in total. The number of hydrogen-bond acceptors (Lipinski definition) is 1. The normalized spacial score (nSPS) is 17.4. The van der Waals surface area contributed by atoms with Gasteiger partial charge < -0.3 is 4.90 Å². The number of benzene rings is 3. The van der Waals surface area contributed by atoms with Crippen LogP contribution in [0.1, 0.15) is 41.3 Å². The Morgan fingerprint density at radius 3 is 2.12 bits per heavy atom. The molecule has 0 aromatic heterocycles. The number of rotatable bonds is 3. The number of nitrogens with zero attached hydrogens (tertiary/aromatic N) is 1. The lowest BCUT2D eigenvalue weighted by molar-refractivity contribution is 0.246. The van der Waals surface area contributed by atoms with E-state index in [4.69, 9.17) is 0 Å². The molecule has 0 amide bonds. The molecule has 2 atom stereocenters. The highest BCUT2D eigenvalue weighted by atomic mass is 15.2. The lowest BCUT2D eigenvalue weighted by atomic mass is 9.89. The highest BCUT2D eigenvalue weighted by Gasteiger charge is 2.28. The molecule has 0 saturated heterocycles. The SMILES string of the molecule is C[C@H](c1ccccc1)N1C=Cc2ccccc2[C@@H]1c1ccccc1. The summed E-state index contributed by atoms with van der Waals surface area (Å²) in [7, 11) is 0. The molecule has 4 rings (SSSR count). The molecule has 0 unspecified atom stereocenters. The molecule has 1 heteroatoms. The molecule has 0 spiro atoms. The van der Waals surface area contributed by atoms with Crippen molar-refractivity contribution < 1.29 is 0 Å². The highest BCUT2D eigenvalue weighted by molar-refractivity contribution is 5.59. The summed E-state index contributed by atoms with van der Waals surface area (Å²) in [5.74, 6) is 0. The predicted molar refractivity (Wildman–Crippen MR) is 100 cm³/mol. The smallest absolute Gasteiger partial charge is 0.0802 e. The molecule has 3 aromatic rings. The highest BCUT2D eigenvalue weighted by Crippen LogP contribution is 2.40. The first kappa shape index (κ1) is 14.8. The van der Waals surface area contributed by atoms with E-state index in [1.54, 1.807) is 0 Å². The molecule has 0 bridgehead atoms. The Kier molecular flexibility index (Phi) is 3.92. The molecule has 24 heavy (non-hydrogen) atoms. The molecular formula is C23H21N. The summed E-state index contributed by atoms with van der Waals surface area (Å²) in [5.41, 5.74) is 5.34. The Morgan fingerprint density at radius 2 is 1.38 bits per heavy atom. The first-order valence-corrected chi connectivity index (χ1v) is 8.49. The van der Waals surface area contributed by atoms with Crippen LogP contribution in [0.15, 0.2) is 91.1 Å². The molecule has 1 aliphatic rings. The maximum Gasteiger partial charge on any atom is 0.0802 e. The van der Waals surface area contributed by atoms with Crippen LogP contribution in [0, 0.1) is 0 Å². The van der Waals surface area contributed by atoms with Crippen LogP contribution in [0.4, 0.5) is 0 Å². The van der Waals surface area contributed by atoms with Crippen molar-refractivity contribution in [3.63, 3.8) is 0 Å². The van der Waals surface area contributed by atoms with E-state index in [9.17, 15) is 0 Å². The van der Waals surface area contributed by atoms with Gasteiger partial charge in [0.15, 0.2) is 0 Å². The van der Waals surface area contributed by atoms with E-state index in [-0.39, 0.29) is 6.04 Å². The van der Waals surface area contributed by atoms with Crippen molar-refractivity contribution in [2.24, 2.45) is 0 Å². The zero-order valence-electron chi connectivity index (χ0n) is 13.8. The van der Waals surface area contributed by atoms with Crippen LogP contribution in [0.3, 0.4) is 0 Å². The van der Waals surface area contributed by atoms with Gasteiger partial charge in [-0.3, -0.25) is 0 Å². The fourth-order valence-corrected chi connectivity index (χ4v) is 3.57. The molecule has 0 radical (unpaired) electrons. The van der Waals surface area contributed by atoms with Gasteiger partial charge in [0.2, 0.25) is 0 Å². The maximum absolute atomic E-state index is 2.47. The van der Waals surface area contributed by atoms with Crippen LogP contribution in [0.5, 0.6) is 0 Å². The van der Waals surface area contributed by atoms with Gasteiger partial charge >= 0.3 is 0 Å². The van der Waals surface area contributed by atoms with Crippen LogP contribution in [-0.4, -0.2) is 4.90 Å². The quantitative estimate of drug-likeness (QED) is 0.589. The van der Waals surface area contributed by atoms with E-state index in [1.807, 2.05) is 0 Å². The molecule has 0 fully saturated rings. The summed E-state index contributed by atoms with van der Waals surface area (Å²) in [6, 6.07) is 30.8. The van der Waals surface area contributed by atoms with Crippen molar-refractivity contribution in [2.75, 3.05) is 0 Å². The van der Waals surface area contributed by atoms with E-state index < -0.39 is 0 Å². The maximum atomic E-state index is 2.47. The molecule has 0 saturated carbocycles. The van der Waals surface area contributed by atoms with Crippen molar-refractivity contribution in [1.29, 1.82) is 0 Å². The third-order valence-corrected chi connectivity index (χ3v) is 4.86. The van der Waals surface area contributed by atoms with Crippen molar-refractivity contribution in [2.45, 2.75) is 19.0 Å². The first-order valence-electron chi connectivity index (χ1n) is 8.49. The van der Waals surface area contributed by atoms with Gasteiger partial charge in [-0.05, 0) is 35.3 Å². The summed E-state index contributed by atoms with van der Waals surface area (Å²) in [6.45, 7) is 2.28. The van der Waals surface area contributed by atoms with Gasteiger partial charge in [-0.25, -0.2) is 0 Å². The second-order valence-corrected chi connectivity index (χ2v) is 6.29. The lowest BCUT2D eigenvalue weighted by Gasteiger charge is -2.39. The predicted octanol–water partition coefficient (Wildman–Crippen LogP) is 5.82. The van der Waals surface area contributed by atoms with Crippen LogP contribution in [0.2, 0.25) is 0 Å². The molecule has 3 aromatic carbocycles. The lowest BCUT2D eigenvalue weighted by Crippen LogP contribution is -2.30. The van der Waals surface area contributed by atoms with Crippen molar-refractivity contribution in [1.82, 2.24) is 4.90 Å². The fraction of sp³-hybridized carbons (Fsp3) is 0.130. The standard InChI is InChI=1S/C23H21N/c1-18(19-10-4-2-5-11-19)24-17-16-20-12-8-9-15-22(20)23(24)21-13-6-3-7-14-21/h2-18,23H,1H3/t18-,23+/m1/s1. The second kappa shape index (κ2) is 6.37. The van der Waals surface area contributed by atoms with E-state index in [2.05, 4.69) is 109 Å². The Hall–Kier alpha value is -2.80. The van der Waals surface area contributed by atoms with Crippen molar-refractivity contribution in [3.8, 4) is 0 Å². The van der Waals surface area contributed by atoms with Gasteiger partial charge in [-0.2, -0.15) is 0 Å². The monoisotopic (exact) mass is 311 g/mol. The largest absolute Gasteiger partial charge is 0.360 e. The summed E-state index contributed by atoms with van der Waals surface area (Å²) in [4.78, 5) is 2.47. The molecule has 0 aliphatic carbocycles. The third-order valence-electron chi connectivity index (χ3n) is 4.86. The van der Waals surface area contributed by atoms with E-state index in [1.165, 1.54) is 22.3 Å². The van der Waals surface area contributed by atoms with Crippen LogP contribution in [0.25, 0.3) is 6.08 Å². The molecular weight excluding hydrogens is 290 g/mol. The van der Waals surface area contributed by atoms with E-state index in [0.717, 1.165) is 0 Å². The summed E-state index contributed by atoms with van der Waals surface area (Å²) in [6.07, 6.45) is 4.48. The van der Waals surface area contributed by atoms with Gasteiger partial charge in [0.25, 0.3) is 0 Å². The van der Waals surface area contributed by atoms with Crippen molar-refractivity contribution >= 4 is 6.08 Å². The molecule has 0 N–H and O–H groups in total. The Labute approximate surface area is 143 Å². The molecule has 118 valence electrons. The minimum absolute atomic E-state index is 0.239. The van der Waals surface area contributed by atoms with Gasteiger partial charge in [0.05, 0.1) is 12.1 Å². The first-order chi connectivity index (χ1) is 11.8. The van der Waals surface area contributed by atoms with Crippen LogP contribution >= 0.6 is 0 Å². The molecule has 1 aliphatic heterocycles. The number of hydrogen-bond donors (Lipinski definition) is 0. The zero-order chi connectivity index (χ0) is 16.4. The average Bonchev–Trinajstić information content (AvgIpc) is 2.68. The Balaban J connectivity index is 1.81. The fourth-order valence-electron chi connectivity index (χ4n) is 3.57. The number of fused-ring (bicyclic) bond motifs is 1. The Bertz CT molecular complexity index is 836. The van der Waals surface area contributed by atoms with Gasteiger partial charge in [0.1, 0.15) is 0 Å². The van der Waals surface area contributed by atoms with Crippen LogP contribution < -0.4 is 0 Å². The topological polar surface area (TPSA) is 3.24 Å².